The monoisotopic (exact) mass is 507 g/mol. The third-order valence-electron chi connectivity index (χ3n) is 4.85. The van der Waals surface area contributed by atoms with Gasteiger partial charge in [-0.25, -0.2) is 9.37 Å². The lowest BCUT2D eigenvalue weighted by molar-refractivity contribution is 0.102. The molecule has 3 aromatic heterocycles. The van der Waals surface area contributed by atoms with Crippen LogP contribution in [0.2, 0.25) is 0 Å². The van der Waals surface area contributed by atoms with Crippen LogP contribution in [0.15, 0.2) is 76.6 Å². The first-order valence-electron chi connectivity index (χ1n) is 10.3. The van der Waals surface area contributed by atoms with Crippen molar-refractivity contribution < 1.29 is 9.18 Å². The van der Waals surface area contributed by atoms with E-state index in [0.29, 0.717) is 17.1 Å². The molecule has 2 aromatic carbocycles. The van der Waals surface area contributed by atoms with Gasteiger partial charge in [-0.1, -0.05) is 30.0 Å². The Bertz CT molecular complexity index is 1430. The highest BCUT2D eigenvalue weighted by Crippen LogP contribution is 2.32. The first kappa shape index (κ1) is 22.5. The number of aromatic nitrogens is 4. The fourth-order valence-corrected chi connectivity index (χ4v) is 5.71. The lowest BCUT2D eigenvalue weighted by Gasteiger charge is -2.10. The largest absolute Gasteiger partial charge is 0.321 e. The number of thiazole rings is 1. The van der Waals surface area contributed by atoms with Gasteiger partial charge in [0, 0.05) is 11.1 Å². The van der Waals surface area contributed by atoms with E-state index in [9.17, 15) is 9.18 Å². The highest BCUT2D eigenvalue weighted by molar-refractivity contribution is 7.98. The van der Waals surface area contributed by atoms with E-state index in [-0.39, 0.29) is 11.7 Å². The van der Waals surface area contributed by atoms with Crippen LogP contribution in [0, 0.1) is 12.7 Å². The molecule has 0 aliphatic rings. The molecule has 34 heavy (non-hydrogen) atoms. The van der Waals surface area contributed by atoms with Crippen molar-refractivity contribution in [3.63, 3.8) is 0 Å². The molecule has 0 aliphatic heterocycles. The molecule has 0 radical (unpaired) electrons. The maximum absolute atomic E-state index is 13.1. The van der Waals surface area contributed by atoms with Gasteiger partial charge < -0.3 is 5.32 Å². The fraction of sp³-hybridized carbons (Fsp3) is 0.0833. The summed E-state index contributed by atoms with van der Waals surface area (Å²) < 4.78 is 15.1. The lowest BCUT2D eigenvalue weighted by Crippen LogP contribution is -2.12. The maximum atomic E-state index is 13.1. The van der Waals surface area contributed by atoms with Crippen molar-refractivity contribution in [3.05, 3.63) is 93.5 Å². The quantitative estimate of drug-likeness (QED) is 0.257. The minimum absolute atomic E-state index is 0.323. The summed E-state index contributed by atoms with van der Waals surface area (Å²) in [5.41, 5.74) is 2.98. The van der Waals surface area contributed by atoms with Crippen LogP contribution in [0.4, 0.5) is 10.1 Å². The van der Waals surface area contributed by atoms with Crippen molar-refractivity contribution in [1.82, 2.24) is 19.7 Å². The Morgan fingerprint density at radius 1 is 1.09 bits per heavy atom. The molecule has 5 rings (SSSR count). The zero-order valence-corrected chi connectivity index (χ0v) is 20.4. The van der Waals surface area contributed by atoms with Gasteiger partial charge in [-0.2, -0.15) is 0 Å². The number of amides is 1. The number of rotatable bonds is 7. The van der Waals surface area contributed by atoms with Gasteiger partial charge in [0.2, 0.25) is 0 Å². The molecule has 6 nitrogen and oxygen atoms in total. The summed E-state index contributed by atoms with van der Waals surface area (Å²) in [5, 5.41) is 16.9. The average molecular weight is 508 g/mol. The fourth-order valence-electron chi connectivity index (χ4n) is 3.26. The molecule has 0 saturated heterocycles. The van der Waals surface area contributed by atoms with Crippen molar-refractivity contribution in [2.24, 2.45) is 0 Å². The highest BCUT2D eigenvalue weighted by atomic mass is 32.2. The third-order valence-corrected chi connectivity index (χ3v) is 7.68. The smallest absolute Gasteiger partial charge is 0.275 e. The van der Waals surface area contributed by atoms with Crippen LogP contribution in [-0.2, 0) is 5.75 Å². The maximum Gasteiger partial charge on any atom is 0.275 e. The summed E-state index contributed by atoms with van der Waals surface area (Å²) in [7, 11) is 0. The lowest BCUT2D eigenvalue weighted by atomic mass is 10.2. The SMILES string of the molecule is Cc1cccc(-n2c(SCc3nc(C(=O)Nc4ccc(F)cc4)cs3)nnc2-c2cccs2)c1. The van der Waals surface area contributed by atoms with E-state index in [1.54, 1.807) is 16.7 Å². The van der Waals surface area contributed by atoms with E-state index in [2.05, 4.69) is 44.1 Å². The third kappa shape index (κ3) is 4.93. The van der Waals surface area contributed by atoms with Crippen LogP contribution in [0.1, 0.15) is 21.1 Å². The predicted molar refractivity (Wildman–Crippen MR) is 135 cm³/mol. The predicted octanol–water partition coefficient (Wildman–Crippen LogP) is 6.44. The first-order valence-corrected chi connectivity index (χ1v) is 13.0. The normalized spacial score (nSPS) is 11.0. The molecule has 0 saturated carbocycles. The molecule has 0 fully saturated rings. The zero-order chi connectivity index (χ0) is 23.5. The van der Waals surface area contributed by atoms with Crippen molar-refractivity contribution >= 4 is 46.0 Å². The standard InChI is InChI=1S/C24H18FN5OS3/c1-15-4-2-5-18(12-15)30-22(20-6-3-11-32-20)28-29-24(30)34-14-21-27-19(13-33-21)23(31)26-17-9-7-16(25)8-10-17/h2-13H,14H2,1H3,(H,26,31). The van der Waals surface area contributed by atoms with Gasteiger partial charge in [-0.3, -0.25) is 9.36 Å². The Kier molecular flexibility index (Phi) is 6.52. The Balaban J connectivity index is 1.34. The minimum Gasteiger partial charge on any atom is -0.321 e. The van der Waals surface area contributed by atoms with Gasteiger partial charge in [-0.15, -0.1) is 32.9 Å². The number of halogens is 1. The molecule has 0 atom stereocenters. The van der Waals surface area contributed by atoms with E-state index >= 15 is 0 Å². The van der Waals surface area contributed by atoms with Gasteiger partial charge in [-0.05, 0) is 60.3 Å². The molecule has 0 unspecified atom stereocenters. The number of carbonyl (C=O) groups is 1. The van der Waals surface area contributed by atoms with Crippen molar-refractivity contribution in [2.75, 3.05) is 5.32 Å². The van der Waals surface area contributed by atoms with Crippen LogP contribution in [-0.4, -0.2) is 25.7 Å². The molecule has 3 heterocycles. The Morgan fingerprint density at radius 3 is 2.71 bits per heavy atom. The molecule has 5 aromatic rings. The molecule has 170 valence electrons. The van der Waals surface area contributed by atoms with Crippen molar-refractivity contribution in [2.45, 2.75) is 17.8 Å². The first-order chi connectivity index (χ1) is 16.6. The summed E-state index contributed by atoms with van der Waals surface area (Å²) in [6.07, 6.45) is 0. The van der Waals surface area contributed by atoms with Gasteiger partial charge >= 0.3 is 0 Å². The van der Waals surface area contributed by atoms with Crippen LogP contribution >= 0.6 is 34.4 Å². The summed E-state index contributed by atoms with van der Waals surface area (Å²) in [6.45, 7) is 2.06. The van der Waals surface area contributed by atoms with Crippen LogP contribution < -0.4 is 5.32 Å². The molecular formula is C24H18FN5OS3. The Morgan fingerprint density at radius 2 is 1.94 bits per heavy atom. The van der Waals surface area contributed by atoms with Crippen LogP contribution in [0.3, 0.4) is 0 Å². The van der Waals surface area contributed by atoms with Crippen LogP contribution in [0.5, 0.6) is 0 Å². The Labute approximate surface area is 207 Å². The molecule has 0 bridgehead atoms. The highest BCUT2D eigenvalue weighted by Gasteiger charge is 2.18. The number of hydrogen-bond donors (Lipinski definition) is 1. The Hall–Kier alpha value is -3.34. The number of anilines is 1. The van der Waals surface area contributed by atoms with Crippen molar-refractivity contribution in [1.29, 1.82) is 0 Å². The van der Waals surface area contributed by atoms with E-state index in [0.717, 1.165) is 32.1 Å². The van der Waals surface area contributed by atoms with Gasteiger partial charge in [0.1, 0.15) is 16.5 Å². The second-order valence-corrected chi connectivity index (χ2v) is 10.2. The number of benzene rings is 2. The number of thioether (sulfide) groups is 1. The van der Waals surface area contributed by atoms with Crippen molar-refractivity contribution in [3.8, 4) is 16.4 Å². The molecule has 10 heteroatoms. The summed E-state index contributed by atoms with van der Waals surface area (Å²) in [5.74, 6) is 0.651. The van der Waals surface area contributed by atoms with E-state index in [1.807, 2.05) is 29.6 Å². The minimum atomic E-state index is -0.355. The van der Waals surface area contributed by atoms with Crippen LogP contribution in [0.25, 0.3) is 16.4 Å². The number of carbonyl (C=O) groups excluding carboxylic acids is 1. The van der Waals surface area contributed by atoms with E-state index in [4.69, 9.17) is 0 Å². The summed E-state index contributed by atoms with van der Waals surface area (Å²) in [6, 6.07) is 17.9. The second-order valence-electron chi connectivity index (χ2n) is 7.33. The molecule has 1 amide bonds. The molecule has 0 aliphatic carbocycles. The summed E-state index contributed by atoms with van der Waals surface area (Å²) in [4.78, 5) is 18.0. The number of nitrogens with one attached hydrogen (secondary N) is 1. The molecule has 1 N–H and O–H groups in total. The molecular weight excluding hydrogens is 489 g/mol. The van der Waals surface area contributed by atoms with Gasteiger partial charge in [0.05, 0.1) is 16.3 Å². The van der Waals surface area contributed by atoms with Gasteiger partial charge in [0.15, 0.2) is 11.0 Å². The number of aryl methyl sites for hydroxylation is 1. The number of hydrogen-bond acceptors (Lipinski definition) is 7. The molecule has 0 spiro atoms. The van der Waals surface area contributed by atoms with E-state index < -0.39 is 0 Å². The van der Waals surface area contributed by atoms with Gasteiger partial charge in [0.25, 0.3) is 5.91 Å². The average Bonchev–Trinajstić information content (AvgIpc) is 3.59. The number of nitrogens with zero attached hydrogens (tertiary/aromatic N) is 4. The zero-order valence-electron chi connectivity index (χ0n) is 17.9. The second kappa shape index (κ2) is 9.88. The topological polar surface area (TPSA) is 72.7 Å². The summed E-state index contributed by atoms with van der Waals surface area (Å²) >= 11 is 4.55. The number of thiophene rings is 1. The van der Waals surface area contributed by atoms with E-state index in [1.165, 1.54) is 47.4 Å².